The number of aliphatic hydroxyl groups excluding tert-OH is 2. The molecule has 0 aromatic carbocycles. The molecule has 16 nitrogen and oxygen atoms in total. The third-order valence-electron chi connectivity index (χ3n) is 11.5. The average Bonchev–Trinajstić information content (AvgIpc) is 3.16. The Labute approximate surface area is 283 Å². The molecule has 5 rings (SSSR count). The molecule has 5 aliphatic rings. The fraction of sp³-hybridized carbons (Fsp3) is 0.867. The smallest absolute Gasteiger partial charge is 0.397 e. The van der Waals surface area contributed by atoms with Crippen LogP contribution in [-0.2, 0) is 51.9 Å². The maximum atomic E-state index is 13.0. The Morgan fingerprint density at radius 3 is 2.50 bits per heavy atom. The molecule has 0 amide bonds. The van der Waals surface area contributed by atoms with E-state index < -0.39 is 88.6 Å². The van der Waals surface area contributed by atoms with Crippen LogP contribution >= 0.6 is 12.3 Å². The van der Waals surface area contributed by atoms with Gasteiger partial charge in [0.25, 0.3) is 0 Å². The molecule has 0 aromatic rings. The zero-order valence-corrected chi connectivity index (χ0v) is 28.7. The number of ether oxygens (including phenoxy) is 3. The molecule has 4 aliphatic carbocycles. The Morgan fingerprint density at radius 1 is 1.15 bits per heavy atom. The van der Waals surface area contributed by atoms with Crippen molar-refractivity contribution >= 4 is 34.7 Å². The number of aliphatic hydroxyl groups is 2. The summed E-state index contributed by atoms with van der Waals surface area (Å²) in [5.41, 5.74) is -0.180. The quantitative estimate of drug-likeness (QED) is 0.0268. The molecular weight excluding hydrogens is 680 g/mol. The lowest BCUT2D eigenvalue weighted by Crippen LogP contribution is -2.63. The van der Waals surface area contributed by atoms with Crippen molar-refractivity contribution in [1.29, 1.82) is 0 Å². The molecule has 2 bridgehead atoms. The maximum absolute atomic E-state index is 13.0. The highest BCUT2D eigenvalue weighted by molar-refractivity contribution is 7.89. The second-order valence-electron chi connectivity index (χ2n) is 14.6. The summed E-state index contributed by atoms with van der Waals surface area (Å²) >= 11 is 0.0154. The van der Waals surface area contributed by atoms with Crippen molar-refractivity contribution in [2.45, 2.75) is 115 Å². The average molecular weight is 727 g/mol. The fourth-order valence-electron chi connectivity index (χ4n) is 9.76. The summed E-state index contributed by atoms with van der Waals surface area (Å²) in [5.74, 6) is -2.80. The summed E-state index contributed by atoms with van der Waals surface area (Å²) < 4.78 is 66.3. The van der Waals surface area contributed by atoms with E-state index >= 15 is 0 Å². The molecule has 13 atom stereocenters. The van der Waals surface area contributed by atoms with Gasteiger partial charge in [0.2, 0.25) is 0 Å². The van der Waals surface area contributed by atoms with E-state index in [0.717, 1.165) is 24.8 Å². The molecule has 1 aliphatic heterocycles. The van der Waals surface area contributed by atoms with Crippen molar-refractivity contribution in [3.8, 4) is 0 Å². The number of carbonyl (C=O) groups is 2. The van der Waals surface area contributed by atoms with Crippen molar-refractivity contribution < 1.29 is 75.1 Å². The molecule has 274 valence electrons. The largest absolute Gasteiger partial charge is 0.481 e. The Bertz CT molecular complexity index is 1310. The topological polar surface area (TPSA) is 234 Å². The summed E-state index contributed by atoms with van der Waals surface area (Å²) in [7, 11) is -5.24. The first-order chi connectivity index (χ1) is 22.5. The zero-order chi connectivity index (χ0) is 35.2. The lowest BCUT2D eigenvalue weighted by atomic mass is 9.43. The van der Waals surface area contributed by atoms with Crippen LogP contribution in [0.1, 0.15) is 72.1 Å². The molecule has 0 aromatic heterocycles. The number of hydrogen-bond donors (Lipinski definition) is 5. The van der Waals surface area contributed by atoms with Gasteiger partial charge in [-0.05, 0) is 79.6 Å². The van der Waals surface area contributed by atoms with E-state index in [-0.39, 0.29) is 48.8 Å². The molecular formula is C30H46O16S2. The first kappa shape index (κ1) is 37.8. The Balaban J connectivity index is 1.49. The van der Waals surface area contributed by atoms with Gasteiger partial charge < -0.3 is 29.5 Å². The summed E-state index contributed by atoms with van der Waals surface area (Å²) in [6, 6.07) is 0. The number of fused-ring (bicyclic) bond motifs is 3. The highest BCUT2D eigenvalue weighted by atomic mass is 32.3. The van der Waals surface area contributed by atoms with E-state index in [1.165, 1.54) is 0 Å². The summed E-state index contributed by atoms with van der Waals surface area (Å²) in [6.45, 7) is 8.94. The van der Waals surface area contributed by atoms with Gasteiger partial charge in [-0.25, -0.2) is 9.44 Å². The van der Waals surface area contributed by atoms with Crippen molar-refractivity contribution in [3.63, 3.8) is 0 Å². The van der Waals surface area contributed by atoms with Gasteiger partial charge in [-0.1, -0.05) is 32.4 Å². The van der Waals surface area contributed by atoms with E-state index in [2.05, 4.69) is 22.9 Å². The number of carboxylic acid groups (broad SMARTS) is 1. The van der Waals surface area contributed by atoms with E-state index in [1.807, 2.05) is 0 Å². The highest BCUT2D eigenvalue weighted by Gasteiger charge is 2.67. The lowest BCUT2D eigenvalue weighted by molar-refractivity contribution is -0.435. The minimum absolute atomic E-state index is 0.0154. The van der Waals surface area contributed by atoms with Crippen LogP contribution in [-0.4, -0.2) is 95.0 Å². The molecule has 1 heterocycles. The second kappa shape index (κ2) is 14.7. The SMILES string of the molecule is C=C1C2CCC3C4(C)CC(O[C@H]5O[C@H](CO)[C@@H](OSOOO)[C@@H](OS(=O)(=O)O)C5OC(=O)CC(C)C)CC(C(=O)O)C4CCC3(C2)[C@H]1O. The number of hydrogen-bond acceptors (Lipinski definition) is 15. The van der Waals surface area contributed by atoms with Crippen LogP contribution in [0.5, 0.6) is 0 Å². The maximum Gasteiger partial charge on any atom is 0.397 e. The third kappa shape index (κ3) is 7.32. The van der Waals surface area contributed by atoms with Crippen molar-refractivity contribution in [2.24, 2.45) is 40.4 Å². The van der Waals surface area contributed by atoms with Crippen LogP contribution in [0.4, 0.5) is 0 Å². The first-order valence-corrected chi connectivity index (χ1v) is 18.2. The fourth-order valence-corrected chi connectivity index (χ4v) is 10.6. The number of rotatable bonds is 13. The molecule has 0 radical (unpaired) electrons. The molecule has 4 saturated carbocycles. The Kier molecular flexibility index (Phi) is 11.6. The second-order valence-corrected chi connectivity index (χ2v) is 16.1. The van der Waals surface area contributed by atoms with Gasteiger partial charge in [-0.2, -0.15) is 8.42 Å². The predicted molar refractivity (Wildman–Crippen MR) is 163 cm³/mol. The van der Waals surface area contributed by atoms with E-state index in [0.29, 0.717) is 19.3 Å². The molecule has 5 N–H and O–H groups in total. The van der Waals surface area contributed by atoms with Crippen LogP contribution in [0.2, 0.25) is 0 Å². The van der Waals surface area contributed by atoms with Crippen LogP contribution in [0.25, 0.3) is 0 Å². The van der Waals surface area contributed by atoms with Crippen molar-refractivity contribution in [2.75, 3.05) is 6.61 Å². The minimum Gasteiger partial charge on any atom is -0.481 e. The molecule has 1 spiro atoms. The van der Waals surface area contributed by atoms with E-state index in [9.17, 15) is 37.9 Å². The van der Waals surface area contributed by atoms with Gasteiger partial charge in [0.05, 0.1) is 24.7 Å². The Morgan fingerprint density at radius 2 is 1.88 bits per heavy atom. The summed E-state index contributed by atoms with van der Waals surface area (Å²) in [6.07, 6.45) is -5.72. The van der Waals surface area contributed by atoms with Crippen LogP contribution < -0.4 is 0 Å². The van der Waals surface area contributed by atoms with Crippen LogP contribution in [0.3, 0.4) is 0 Å². The van der Waals surface area contributed by atoms with Gasteiger partial charge in [0.15, 0.2) is 30.8 Å². The van der Waals surface area contributed by atoms with Crippen molar-refractivity contribution in [3.05, 3.63) is 12.2 Å². The molecule has 5 fully saturated rings. The highest BCUT2D eigenvalue weighted by Crippen LogP contribution is 2.70. The number of esters is 1. The number of carboxylic acids is 1. The minimum atomic E-state index is -5.24. The normalized spacial score (nSPS) is 42.7. The predicted octanol–water partition coefficient (Wildman–Crippen LogP) is 2.85. The zero-order valence-electron chi connectivity index (χ0n) is 27.0. The molecule has 48 heavy (non-hydrogen) atoms. The molecule has 1 saturated heterocycles. The van der Waals surface area contributed by atoms with Gasteiger partial charge in [-0.15, -0.1) is 4.33 Å². The standard InChI is InChI=1S/C30H46O16S2/c1-14(2)9-22(32)42-25-24(44-48(37,38)39)23(43-47-46-45-36)20(13-31)41-28(25)40-17-10-18(27(34)35)19-7-8-30-11-16(15(3)26(30)33)5-6-21(30)29(19,4)12-17/h14,16-21,23-26,28,31,33,36H,3,5-13H2,1-2,4H3,(H,34,35)(H,37,38,39)/t16?,17?,18?,19?,20-,21?,23-,24-,25?,26+,28+,29?,30?/m1/s1. The van der Waals surface area contributed by atoms with Gasteiger partial charge >= 0.3 is 22.3 Å². The molecule has 18 heteroatoms. The van der Waals surface area contributed by atoms with Gasteiger partial charge in [0, 0.05) is 11.8 Å². The Hall–Kier alpha value is -1.42. The summed E-state index contributed by atoms with van der Waals surface area (Å²) in [4.78, 5) is 25.8. The van der Waals surface area contributed by atoms with Crippen LogP contribution in [0.15, 0.2) is 12.2 Å². The number of carbonyl (C=O) groups excluding carboxylic acids is 1. The van der Waals surface area contributed by atoms with Crippen LogP contribution in [0, 0.1) is 40.4 Å². The van der Waals surface area contributed by atoms with Crippen molar-refractivity contribution in [1.82, 2.24) is 0 Å². The molecule has 8 unspecified atom stereocenters. The first-order valence-electron chi connectivity index (χ1n) is 16.2. The monoisotopic (exact) mass is 726 g/mol. The third-order valence-corrected chi connectivity index (χ3v) is 12.4. The van der Waals surface area contributed by atoms with E-state index in [4.69, 9.17) is 27.8 Å². The summed E-state index contributed by atoms with van der Waals surface area (Å²) in [5, 5.41) is 44.1. The van der Waals surface area contributed by atoms with Gasteiger partial charge in [0.1, 0.15) is 12.2 Å². The van der Waals surface area contributed by atoms with E-state index in [1.54, 1.807) is 13.8 Å². The lowest BCUT2D eigenvalue weighted by Gasteiger charge is -2.62. The number of aliphatic carboxylic acids is 1. The van der Waals surface area contributed by atoms with Gasteiger partial charge in [-0.3, -0.25) is 18.3 Å².